The monoisotopic (exact) mass is 180 g/mol. The van der Waals surface area contributed by atoms with Crippen molar-refractivity contribution in [2.24, 2.45) is 11.8 Å². The molecule has 13 heavy (non-hydrogen) atoms. The zero-order valence-corrected chi connectivity index (χ0v) is 7.99. The van der Waals surface area contributed by atoms with Crippen molar-refractivity contribution in [3.63, 3.8) is 0 Å². The molecule has 0 spiro atoms. The highest BCUT2D eigenvalue weighted by Gasteiger charge is 2.45. The summed E-state index contributed by atoms with van der Waals surface area (Å²) in [5.41, 5.74) is 0. The molecule has 1 saturated carbocycles. The van der Waals surface area contributed by atoms with Gasteiger partial charge in [0.05, 0.1) is 0 Å². The summed E-state index contributed by atoms with van der Waals surface area (Å²) in [4.78, 5) is 13.9. The van der Waals surface area contributed by atoms with Gasteiger partial charge in [-0.1, -0.05) is 6.92 Å². The molecular weight excluding hydrogens is 164 g/mol. The number of piperazine rings is 1. The van der Waals surface area contributed by atoms with E-state index >= 15 is 0 Å². The number of nitrogens with one attached hydrogen (secondary N) is 1. The molecule has 0 aromatic carbocycles. The number of hydrogen-bond donors (Lipinski definition) is 1. The lowest BCUT2D eigenvalue weighted by Crippen LogP contribution is -2.67. The van der Waals surface area contributed by atoms with Crippen molar-refractivity contribution in [1.29, 1.82) is 0 Å². The highest BCUT2D eigenvalue weighted by molar-refractivity contribution is 5.82. The average Bonchev–Trinajstić information content (AvgIpc) is 2.80. The number of nitrogens with zero attached hydrogens (tertiary/aromatic N) is 1. The van der Waals surface area contributed by atoms with Crippen LogP contribution in [0.5, 0.6) is 0 Å². The molecule has 3 aliphatic heterocycles. The number of carbonyl (C=O) groups excluding carboxylic acids is 1. The Morgan fingerprint density at radius 2 is 1.85 bits per heavy atom. The maximum absolute atomic E-state index is 11.8. The van der Waals surface area contributed by atoms with Crippen molar-refractivity contribution in [3.05, 3.63) is 0 Å². The van der Waals surface area contributed by atoms with Crippen LogP contribution >= 0.6 is 0 Å². The first-order valence-electron chi connectivity index (χ1n) is 5.29. The van der Waals surface area contributed by atoms with Gasteiger partial charge in [-0.2, -0.15) is 0 Å². The Balaban J connectivity index is 1.63. The van der Waals surface area contributed by atoms with Crippen molar-refractivity contribution in [2.75, 3.05) is 13.1 Å². The first-order chi connectivity index (χ1) is 6.24. The van der Waals surface area contributed by atoms with Gasteiger partial charge in [-0.25, -0.2) is 0 Å². The molecule has 4 atom stereocenters. The van der Waals surface area contributed by atoms with E-state index in [9.17, 15) is 4.79 Å². The van der Waals surface area contributed by atoms with E-state index in [2.05, 4.69) is 17.1 Å². The van der Waals surface area contributed by atoms with Crippen LogP contribution in [-0.4, -0.2) is 36.0 Å². The van der Waals surface area contributed by atoms with Crippen molar-refractivity contribution < 1.29 is 4.79 Å². The van der Waals surface area contributed by atoms with E-state index in [1.165, 1.54) is 6.42 Å². The highest BCUT2D eigenvalue weighted by Crippen LogP contribution is 2.40. The summed E-state index contributed by atoms with van der Waals surface area (Å²) in [5, 5.41) is 3.44. The number of fused-ring (bicyclic) bond motifs is 2. The van der Waals surface area contributed by atoms with Crippen molar-refractivity contribution in [3.8, 4) is 0 Å². The van der Waals surface area contributed by atoms with E-state index in [4.69, 9.17) is 0 Å². The fraction of sp³-hybridized carbons (Fsp3) is 0.900. The molecule has 3 saturated heterocycles. The summed E-state index contributed by atoms with van der Waals surface area (Å²) in [6.45, 7) is 4.09. The Hall–Kier alpha value is -0.570. The third-order valence-electron chi connectivity index (χ3n) is 3.66. The third kappa shape index (κ3) is 1.17. The van der Waals surface area contributed by atoms with Crippen LogP contribution in [0.2, 0.25) is 0 Å². The Morgan fingerprint density at radius 1 is 1.31 bits per heavy atom. The number of hydrogen-bond acceptors (Lipinski definition) is 2. The van der Waals surface area contributed by atoms with Gasteiger partial charge in [-0.3, -0.25) is 4.79 Å². The lowest BCUT2D eigenvalue weighted by molar-refractivity contribution is -0.137. The molecule has 3 heteroatoms. The standard InChI is InChI=1S/C10H16N2O/c1-6-2-9(6)10(13)12-4-7-3-8(5-12)11-7/h6-9,11H,2-5H2,1H3/t6?,7-,8+,9?. The molecule has 1 amide bonds. The summed E-state index contributed by atoms with van der Waals surface area (Å²) >= 11 is 0. The fourth-order valence-corrected chi connectivity index (χ4v) is 2.59. The lowest BCUT2D eigenvalue weighted by Gasteiger charge is -2.48. The largest absolute Gasteiger partial charge is 0.339 e. The predicted molar refractivity (Wildman–Crippen MR) is 49.2 cm³/mol. The predicted octanol–water partition coefficient (Wildman–Crippen LogP) is 0.215. The van der Waals surface area contributed by atoms with E-state index in [0.29, 0.717) is 29.8 Å². The third-order valence-corrected chi connectivity index (χ3v) is 3.66. The Kier molecular flexibility index (Phi) is 1.48. The summed E-state index contributed by atoms with van der Waals surface area (Å²) in [5.74, 6) is 1.44. The van der Waals surface area contributed by atoms with E-state index < -0.39 is 0 Å². The van der Waals surface area contributed by atoms with Gasteiger partial charge in [0, 0.05) is 31.1 Å². The normalized spacial score (nSPS) is 47.0. The van der Waals surface area contributed by atoms with Crippen LogP contribution in [0.3, 0.4) is 0 Å². The second kappa shape index (κ2) is 2.47. The smallest absolute Gasteiger partial charge is 0.226 e. The van der Waals surface area contributed by atoms with Gasteiger partial charge in [0.25, 0.3) is 0 Å². The van der Waals surface area contributed by atoms with Gasteiger partial charge in [-0.15, -0.1) is 0 Å². The molecule has 1 N–H and O–H groups in total. The first kappa shape index (κ1) is 7.80. The van der Waals surface area contributed by atoms with Gasteiger partial charge in [0.1, 0.15) is 0 Å². The molecule has 3 heterocycles. The van der Waals surface area contributed by atoms with E-state index in [1.807, 2.05) is 0 Å². The van der Waals surface area contributed by atoms with E-state index in [1.54, 1.807) is 0 Å². The zero-order chi connectivity index (χ0) is 9.00. The second-order valence-electron chi connectivity index (χ2n) is 4.86. The molecule has 4 fully saturated rings. The topological polar surface area (TPSA) is 32.3 Å². The molecule has 4 rings (SSSR count). The quantitative estimate of drug-likeness (QED) is 0.626. The summed E-state index contributed by atoms with van der Waals surface area (Å²) in [6.07, 6.45) is 2.40. The number of amides is 1. The van der Waals surface area contributed by atoms with Crippen LogP contribution < -0.4 is 5.32 Å². The minimum atomic E-state index is 0.373. The Bertz CT molecular complexity index is 237. The molecule has 0 aromatic heterocycles. The summed E-state index contributed by atoms with van der Waals surface area (Å²) in [7, 11) is 0. The van der Waals surface area contributed by atoms with Crippen LogP contribution in [0.25, 0.3) is 0 Å². The molecule has 3 nitrogen and oxygen atoms in total. The minimum absolute atomic E-state index is 0.373. The summed E-state index contributed by atoms with van der Waals surface area (Å²) in [6, 6.07) is 1.22. The van der Waals surface area contributed by atoms with Gasteiger partial charge >= 0.3 is 0 Å². The van der Waals surface area contributed by atoms with Crippen molar-refractivity contribution in [1.82, 2.24) is 10.2 Å². The van der Waals surface area contributed by atoms with Gasteiger partial charge < -0.3 is 10.2 Å². The fourth-order valence-electron chi connectivity index (χ4n) is 2.59. The van der Waals surface area contributed by atoms with E-state index in [0.717, 1.165) is 19.5 Å². The second-order valence-corrected chi connectivity index (χ2v) is 4.86. The molecule has 4 aliphatic rings. The maximum Gasteiger partial charge on any atom is 0.226 e. The molecule has 1 aliphatic carbocycles. The highest BCUT2D eigenvalue weighted by atomic mass is 16.2. The first-order valence-corrected chi connectivity index (χ1v) is 5.29. The lowest BCUT2D eigenvalue weighted by atomic mass is 9.91. The molecule has 72 valence electrons. The van der Waals surface area contributed by atoms with Crippen LogP contribution in [0, 0.1) is 11.8 Å². The van der Waals surface area contributed by atoms with Crippen molar-refractivity contribution >= 4 is 5.91 Å². The molecular formula is C10H16N2O. The Morgan fingerprint density at radius 3 is 2.31 bits per heavy atom. The van der Waals surface area contributed by atoms with Crippen LogP contribution in [0.1, 0.15) is 19.8 Å². The minimum Gasteiger partial charge on any atom is -0.339 e. The van der Waals surface area contributed by atoms with Crippen LogP contribution in [0.15, 0.2) is 0 Å². The van der Waals surface area contributed by atoms with E-state index in [-0.39, 0.29) is 0 Å². The molecule has 2 unspecified atom stereocenters. The number of piperidine rings is 1. The van der Waals surface area contributed by atoms with Crippen molar-refractivity contribution in [2.45, 2.75) is 31.8 Å². The molecule has 0 radical (unpaired) electrons. The van der Waals surface area contributed by atoms with Gasteiger partial charge in [0.15, 0.2) is 0 Å². The zero-order valence-electron chi connectivity index (χ0n) is 7.99. The molecule has 0 aromatic rings. The maximum atomic E-state index is 11.8. The number of rotatable bonds is 1. The van der Waals surface area contributed by atoms with Gasteiger partial charge in [-0.05, 0) is 18.8 Å². The Labute approximate surface area is 78.5 Å². The SMILES string of the molecule is CC1CC1C(=O)N1C[C@H]2C[C@@H](C1)N2. The average molecular weight is 180 g/mol. The van der Waals surface area contributed by atoms with Crippen LogP contribution in [0.4, 0.5) is 0 Å². The summed E-state index contributed by atoms with van der Waals surface area (Å²) < 4.78 is 0. The van der Waals surface area contributed by atoms with Gasteiger partial charge in [0.2, 0.25) is 5.91 Å². The van der Waals surface area contributed by atoms with Crippen LogP contribution in [-0.2, 0) is 4.79 Å². The number of carbonyl (C=O) groups is 1. The molecule has 2 bridgehead atoms.